The number of Topliss-reactive ketones (excluding diaryl/α,β-unsaturated/α-hetero) is 1. The van der Waals surface area contributed by atoms with E-state index in [4.69, 9.17) is 9.47 Å². The SMILES string of the molecule is CNCC(=O)c1ccc(OC)c(SC)c1OC. The molecule has 0 saturated heterocycles. The lowest BCUT2D eigenvalue weighted by atomic mass is 10.1. The Hall–Kier alpha value is -1.20. The van der Waals surface area contributed by atoms with Crippen LogP contribution >= 0.6 is 11.8 Å². The standard InChI is InChI=1S/C12H17NO3S/c1-13-7-9(14)8-5-6-10(15-2)12(17-4)11(8)16-3/h5-6,13H,7H2,1-4H3. The van der Waals surface area contributed by atoms with Gasteiger partial charge in [0.25, 0.3) is 0 Å². The molecule has 0 spiro atoms. The summed E-state index contributed by atoms with van der Waals surface area (Å²) in [6.07, 6.45) is 1.92. The smallest absolute Gasteiger partial charge is 0.180 e. The van der Waals surface area contributed by atoms with Gasteiger partial charge in [-0.15, -0.1) is 11.8 Å². The Kier molecular flexibility index (Phi) is 5.31. The van der Waals surface area contributed by atoms with Crippen molar-refractivity contribution in [3.63, 3.8) is 0 Å². The van der Waals surface area contributed by atoms with E-state index in [2.05, 4.69) is 5.32 Å². The molecule has 4 nitrogen and oxygen atoms in total. The third-order valence-electron chi connectivity index (χ3n) is 2.34. The molecule has 1 aromatic rings. The number of likely N-dealkylation sites (N-methyl/N-ethyl adjacent to an activating group) is 1. The largest absolute Gasteiger partial charge is 0.495 e. The van der Waals surface area contributed by atoms with Crippen LogP contribution in [0.3, 0.4) is 0 Å². The van der Waals surface area contributed by atoms with E-state index >= 15 is 0 Å². The van der Waals surface area contributed by atoms with E-state index in [1.165, 1.54) is 11.8 Å². The van der Waals surface area contributed by atoms with Crippen LogP contribution in [0.1, 0.15) is 10.4 Å². The average Bonchev–Trinajstić information content (AvgIpc) is 2.36. The summed E-state index contributed by atoms with van der Waals surface area (Å²) in [5.41, 5.74) is 0.576. The monoisotopic (exact) mass is 255 g/mol. The Balaban J connectivity index is 3.27. The molecule has 0 aliphatic rings. The van der Waals surface area contributed by atoms with Crippen LogP contribution in [0.25, 0.3) is 0 Å². The normalized spacial score (nSPS) is 10.1. The molecule has 0 aliphatic carbocycles. The third-order valence-corrected chi connectivity index (χ3v) is 3.14. The van der Waals surface area contributed by atoms with Gasteiger partial charge in [-0.05, 0) is 25.4 Å². The van der Waals surface area contributed by atoms with E-state index < -0.39 is 0 Å². The molecule has 94 valence electrons. The fraction of sp³-hybridized carbons (Fsp3) is 0.417. The van der Waals surface area contributed by atoms with Gasteiger partial charge in [0.1, 0.15) is 11.5 Å². The molecule has 1 aromatic carbocycles. The van der Waals surface area contributed by atoms with Gasteiger partial charge in [-0.3, -0.25) is 4.79 Å². The zero-order valence-electron chi connectivity index (χ0n) is 10.5. The molecule has 5 heteroatoms. The molecule has 17 heavy (non-hydrogen) atoms. The second-order valence-electron chi connectivity index (χ2n) is 3.34. The maximum absolute atomic E-state index is 11.9. The molecule has 0 atom stereocenters. The lowest BCUT2D eigenvalue weighted by Gasteiger charge is -2.14. The van der Waals surface area contributed by atoms with Gasteiger partial charge in [0.15, 0.2) is 5.78 Å². The van der Waals surface area contributed by atoms with Gasteiger partial charge in [-0.25, -0.2) is 0 Å². The minimum absolute atomic E-state index is 0.00213. The molecular formula is C12H17NO3S. The maximum Gasteiger partial charge on any atom is 0.180 e. The zero-order valence-corrected chi connectivity index (χ0v) is 11.3. The highest BCUT2D eigenvalue weighted by molar-refractivity contribution is 7.98. The molecule has 0 bridgehead atoms. The van der Waals surface area contributed by atoms with Crippen LogP contribution in [0.5, 0.6) is 11.5 Å². The number of rotatable bonds is 6. The van der Waals surface area contributed by atoms with Crippen molar-refractivity contribution in [3.8, 4) is 11.5 Å². The molecule has 0 heterocycles. The van der Waals surface area contributed by atoms with E-state index in [1.807, 2.05) is 6.26 Å². The topological polar surface area (TPSA) is 47.6 Å². The Labute approximate surface area is 106 Å². The molecule has 0 aromatic heterocycles. The molecule has 0 saturated carbocycles. The highest BCUT2D eigenvalue weighted by Crippen LogP contribution is 2.39. The summed E-state index contributed by atoms with van der Waals surface area (Å²) in [6, 6.07) is 3.52. The minimum atomic E-state index is 0.00213. The van der Waals surface area contributed by atoms with Crippen LogP contribution in [0.15, 0.2) is 17.0 Å². The van der Waals surface area contributed by atoms with Gasteiger partial charge in [0.05, 0.1) is 31.2 Å². The third kappa shape index (κ3) is 2.92. The Morgan fingerprint density at radius 2 is 2.06 bits per heavy atom. The number of thioether (sulfide) groups is 1. The molecule has 0 unspecified atom stereocenters. The van der Waals surface area contributed by atoms with Gasteiger partial charge in [-0.2, -0.15) is 0 Å². The van der Waals surface area contributed by atoms with Crippen molar-refractivity contribution in [1.82, 2.24) is 5.32 Å². The van der Waals surface area contributed by atoms with Crippen LogP contribution < -0.4 is 14.8 Å². The molecule has 0 fully saturated rings. The summed E-state index contributed by atoms with van der Waals surface area (Å²) in [6.45, 7) is 0.288. The molecule has 1 N–H and O–H groups in total. The number of ether oxygens (including phenoxy) is 2. The van der Waals surface area contributed by atoms with E-state index in [-0.39, 0.29) is 12.3 Å². The predicted molar refractivity (Wildman–Crippen MR) is 69.6 cm³/mol. The van der Waals surface area contributed by atoms with E-state index in [0.717, 1.165) is 10.6 Å². The number of hydrogen-bond acceptors (Lipinski definition) is 5. The first-order valence-electron chi connectivity index (χ1n) is 5.16. The first-order valence-corrected chi connectivity index (χ1v) is 6.38. The van der Waals surface area contributed by atoms with Gasteiger partial charge >= 0.3 is 0 Å². The molecular weight excluding hydrogens is 238 g/mol. The molecule has 0 aliphatic heterocycles. The summed E-state index contributed by atoms with van der Waals surface area (Å²) < 4.78 is 10.6. The highest BCUT2D eigenvalue weighted by atomic mass is 32.2. The number of methoxy groups -OCH3 is 2. The van der Waals surface area contributed by atoms with Crippen LogP contribution in [-0.2, 0) is 0 Å². The summed E-state index contributed by atoms with van der Waals surface area (Å²) in [5, 5.41) is 2.84. The van der Waals surface area contributed by atoms with Gasteiger partial charge < -0.3 is 14.8 Å². The van der Waals surface area contributed by atoms with Crippen molar-refractivity contribution < 1.29 is 14.3 Å². The second kappa shape index (κ2) is 6.51. The highest BCUT2D eigenvalue weighted by Gasteiger charge is 2.18. The molecule has 0 radical (unpaired) electrons. The van der Waals surface area contributed by atoms with Crippen molar-refractivity contribution in [2.24, 2.45) is 0 Å². The van der Waals surface area contributed by atoms with Crippen molar-refractivity contribution in [2.75, 3.05) is 34.1 Å². The predicted octanol–water partition coefficient (Wildman–Crippen LogP) is 1.83. The number of benzene rings is 1. The quantitative estimate of drug-likeness (QED) is 0.620. The summed E-state index contributed by atoms with van der Waals surface area (Å²) in [4.78, 5) is 12.7. The fourth-order valence-corrected chi connectivity index (χ4v) is 2.31. The summed E-state index contributed by atoms with van der Waals surface area (Å²) in [5.74, 6) is 1.30. The zero-order chi connectivity index (χ0) is 12.8. The van der Waals surface area contributed by atoms with Crippen LogP contribution in [0, 0.1) is 0 Å². The Bertz CT molecular complexity index is 407. The number of carbonyl (C=O) groups excluding carboxylic acids is 1. The van der Waals surface area contributed by atoms with Crippen LogP contribution in [0.4, 0.5) is 0 Å². The Morgan fingerprint density at radius 3 is 2.53 bits per heavy atom. The second-order valence-corrected chi connectivity index (χ2v) is 4.15. The Morgan fingerprint density at radius 1 is 1.35 bits per heavy atom. The number of ketones is 1. The van der Waals surface area contributed by atoms with Crippen molar-refractivity contribution in [3.05, 3.63) is 17.7 Å². The maximum atomic E-state index is 11.9. The lowest BCUT2D eigenvalue weighted by molar-refractivity contribution is 0.0990. The van der Waals surface area contributed by atoms with E-state index in [9.17, 15) is 4.79 Å². The fourth-order valence-electron chi connectivity index (χ4n) is 1.58. The lowest BCUT2D eigenvalue weighted by Crippen LogP contribution is -2.19. The van der Waals surface area contributed by atoms with E-state index in [0.29, 0.717) is 11.3 Å². The van der Waals surface area contributed by atoms with Crippen molar-refractivity contribution >= 4 is 17.5 Å². The van der Waals surface area contributed by atoms with Gasteiger partial charge in [0.2, 0.25) is 0 Å². The number of carbonyl (C=O) groups is 1. The summed E-state index contributed by atoms with van der Waals surface area (Å²) >= 11 is 1.50. The van der Waals surface area contributed by atoms with Gasteiger partial charge in [-0.1, -0.05) is 0 Å². The first kappa shape index (κ1) is 13.9. The van der Waals surface area contributed by atoms with E-state index in [1.54, 1.807) is 33.4 Å². The van der Waals surface area contributed by atoms with Gasteiger partial charge in [0, 0.05) is 0 Å². The van der Waals surface area contributed by atoms with Crippen LogP contribution in [0.2, 0.25) is 0 Å². The molecule has 0 amide bonds. The van der Waals surface area contributed by atoms with Crippen LogP contribution in [-0.4, -0.2) is 39.9 Å². The number of nitrogens with one attached hydrogen (secondary N) is 1. The minimum Gasteiger partial charge on any atom is -0.495 e. The first-order chi connectivity index (χ1) is 8.19. The average molecular weight is 255 g/mol. The molecule has 1 rings (SSSR count). The van der Waals surface area contributed by atoms with Crippen molar-refractivity contribution in [2.45, 2.75) is 4.90 Å². The van der Waals surface area contributed by atoms with Crippen molar-refractivity contribution in [1.29, 1.82) is 0 Å². The number of hydrogen-bond donors (Lipinski definition) is 1. The summed E-state index contributed by atoms with van der Waals surface area (Å²) in [7, 11) is 4.90.